The summed E-state index contributed by atoms with van der Waals surface area (Å²) in [5.41, 5.74) is 7.40. The zero-order valence-electron chi connectivity index (χ0n) is 8.91. The fraction of sp³-hybridized carbons (Fsp3) is 0.250. The number of benzene rings is 1. The Kier molecular flexibility index (Phi) is 2.67. The van der Waals surface area contributed by atoms with Gasteiger partial charge in [0.2, 0.25) is 0 Å². The van der Waals surface area contributed by atoms with E-state index < -0.39 is 0 Å². The van der Waals surface area contributed by atoms with E-state index >= 15 is 0 Å². The summed E-state index contributed by atoms with van der Waals surface area (Å²) in [6.45, 7) is 0. The molecule has 1 aromatic carbocycles. The minimum atomic E-state index is -0.274. The van der Waals surface area contributed by atoms with Crippen LogP contribution in [0.25, 0.3) is 11.3 Å². The maximum absolute atomic E-state index is 13.3. The first-order valence-electron chi connectivity index (χ1n) is 5.37. The lowest BCUT2D eigenvalue weighted by Crippen LogP contribution is -1.88. The van der Waals surface area contributed by atoms with Crippen LogP contribution in [-0.4, -0.2) is 4.98 Å². The molecule has 1 aliphatic rings. The van der Waals surface area contributed by atoms with Crippen LogP contribution in [0, 0.1) is 5.82 Å². The van der Waals surface area contributed by atoms with Crippen LogP contribution in [0.2, 0.25) is 0 Å². The highest BCUT2D eigenvalue weighted by molar-refractivity contribution is 9.10. The molecular formula is C12H10BrFN2S. The number of hydrogen-bond acceptors (Lipinski definition) is 3. The topological polar surface area (TPSA) is 38.9 Å². The van der Waals surface area contributed by atoms with E-state index in [2.05, 4.69) is 20.9 Å². The first-order valence-corrected chi connectivity index (χ1v) is 6.97. The van der Waals surface area contributed by atoms with Crippen molar-refractivity contribution in [1.29, 1.82) is 0 Å². The fourth-order valence-corrected chi connectivity index (χ4v) is 3.18. The molecule has 0 saturated heterocycles. The van der Waals surface area contributed by atoms with Gasteiger partial charge >= 0.3 is 0 Å². The van der Waals surface area contributed by atoms with Gasteiger partial charge in [0.1, 0.15) is 16.5 Å². The van der Waals surface area contributed by atoms with Crippen LogP contribution in [0.1, 0.15) is 23.8 Å². The van der Waals surface area contributed by atoms with E-state index in [-0.39, 0.29) is 5.82 Å². The van der Waals surface area contributed by atoms with E-state index in [1.807, 2.05) is 0 Å². The minimum absolute atomic E-state index is 0.274. The van der Waals surface area contributed by atoms with Gasteiger partial charge in [-0.05, 0) is 31.0 Å². The predicted molar refractivity (Wildman–Crippen MR) is 71.6 cm³/mol. The van der Waals surface area contributed by atoms with Crippen molar-refractivity contribution < 1.29 is 4.39 Å². The Hall–Kier alpha value is -0.940. The van der Waals surface area contributed by atoms with Crippen LogP contribution in [0.5, 0.6) is 0 Å². The van der Waals surface area contributed by atoms with Crippen LogP contribution >= 0.6 is 27.3 Å². The van der Waals surface area contributed by atoms with E-state index in [1.165, 1.54) is 36.3 Å². The molecule has 0 radical (unpaired) electrons. The van der Waals surface area contributed by atoms with Gasteiger partial charge in [0.05, 0.1) is 5.01 Å². The Bertz CT molecular complexity index is 578. The van der Waals surface area contributed by atoms with Gasteiger partial charge < -0.3 is 5.73 Å². The predicted octanol–water partition coefficient (Wildman–Crippen LogP) is 4.17. The Morgan fingerprint density at radius 1 is 1.41 bits per heavy atom. The molecule has 5 heteroatoms. The lowest BCUT2D eigenvalue weighted by Gasteiger charge is -2.02. The van der Waals surface area contributed by atoms with E-state index in [4.69, 9.17) is 5.73 Å². The van der Waals surface area contributed by atoms with Crippen molar-refractivity contribution in [3.05, 3.63) is 33.5 Å². The molecular weight excluding hydrogens is 303 g/mol. The average Bonchev–Trinajstić information content (AvgIpc) is 3.07. The second kappa shape index (κ2) is 4.07. The molecule has 1 saturated carbocycles. The zero-order valence-corrected chi connectivity index (χ0v) is 11.3. The summed E-state index contributed by atoms with van der Waals surface area (Å²) in [7, 11) is 0. The van der Waals surface area contributed by atoms with Gasteiger partial charge in [-0.25, -0.2) is 9.37 Å². The average molecular weight is 313 g/mol. The number of anilines is 1. The summed E-state index contributed by atoms with van der Waals surface area (Å²) in [6, 6.07) is 4.56. The summed E-state index contributed by atoms with van der Waals surface area (Å²) < 4.78 is 14.1. The Labute approximate surface area is 111 Å². The molecule has 0 amide bonds. The lowest BCUT2D eigenvalue weighted by atomic mass is 10.1. The van der Waals surface area contributed by atoms with E-state index in [9.17, 15) is 4.39 Å². The molecule has 1 aliphatic carbocycles. The number of nitrogen functional groups attached to an aromatic ring is 1. The molecule has 3 rings (SSSR count). The van der Waals surface area contributed by atoms with Gasteiger partial charge in [-0.2, -0.15) is 0 Å². The number of nitrogens with two attached hydrogens (primary N) is 1. The summed E-state index contributed by atoms with van der Waals surface area (Å²) in [5, 5.41) is 1.74. The summed E-state index contributed by atoms with van der Waals surface area (Å²) in [5.74, 6) is 0.298. The highest BCUT2D eigenvalue weighted by Crippen LogP contribution is 2.45. The van der Waals surface area contributed by atoms with Gasteiger partial charge in [-0.15, -0.1) is 11.3 Å². The molecule has 0 atom stereocenters. The van der Waals surface area contributed by atoms with Crippen LogP contribution in [0.3, 0.4) is 0 Å². The number of thiazole rings is 1. The highest BCUT2D eigenvalue weighted by atomic mass is 79.9. The van der Waals surface area contributed by atoms with Gasteiger partial charge in [0.15, 0.2) is 0 Å². The van der Waals surface area contributed by atoms with Gasteiger partial charge in [0, 0.05) is 16.0 Å². The quantitative estimate of drug-likeness (QED) is 0.903. The second-order valence-corrected chi connectivity index (χ2v) is 6.08. The molecule has 0 unspecified atom stereocenters. The summed E-state index contributed by atoms with van der Waals surface area (Å²) in [4.78, 5) is 4.54. The van der Waals surface area contributed by atoms with Crippen molar-refractivity contribution in [2.24, 2.45) is 0 Å². The molecule has 17 heavy (non-hydrogen) atoms. The van der Waals surface area contributed by atoms with E-state index in [0.29, 0.717) is 16.6 Å². The zero-order chi connectivity index (χ0) is 12.0. The molecule has 1 fully saturated rings. The van der Waals surface area contributed by atoms with Crippen LogP contribution in [0.15, 0.2) is 22.7 Å². The number of hydrogen-bond donors (Lipinski definition) is 1. The SMILES string of the molecule is Nc1sc(C2CC2)nc1-c1cc(F)ccc1Br. The smallest absolute Gasteiger partial charge is 0.123 e. The van der Waals surface area contributed by atoms with E-state index in [1.54, 1.807) is 6.07 Å². The molecule has 2 aromatic rings. The first-order chi connectivity index (χ1) is 8.15. The number of nitrogens with zero attached hydrogens (tertiary/aromatic N) is 1. The largest absolute Gasteiger partial charge is 0.389 e. The van der Waals surface area contributed by atoms with Gasteiger partial charge in [-0.3, -0.25) is 0 Å². The number of rotatable bonds is 2. The van der Waals surface area contributed by atoms with Crippen LogP contribution in [0.4, 0.5) is 9.39 Å². The Morgan fingerprint density at radius 2 is 2.18 bits per heavy atom. The molecule has 2 nitrogen and oxygen atoms in total. The Morgan fingerprint density at radius 3 is 2.88 bits per heavy atom. The Balaban J connectivity index is 2.10. The van der Waals surface area contributed by atoms with Crippen molar-refractivity contribution >= 4 is 32.3 Å². The van der Waals surface area contributed by atoms with Crippen molar-refractivity contribution in [2.75, 3.05) is 5.73 Å². The number of halogens is 2. The summed E-state index contributed by atoms with van der Waals surface area (Å²) >= 11 is 4.92. The summed E-state index contributed by atoms with van der Waals surface area (Å²) in [6.07, 6.45) is 2.38. The monoisotopic (exact) mass is 312 g/mol. The maximum Gasteiger partial charge on any atom is 0.123 e. The van der Waals surface area contributed by atoms with Gasteiger partial charge in [-0.1, -0.05) is 15.9 Å². The van der Waals surface area contributed by atoms with Crippen molar-refractivity contribution in [3.63, 3.8) is 0 Å². The molecule has 1 heterocycles. The first kappa shape index (κ1) is 11.2. The molecule has 0 aliphatic heterocycles. The minimum Gasteiger partial charge on any atom is -0.389 e. The van der Waals surface area contributed by atoms with Crippen LogP contribution < -0.4 is 5.73 Å². The lowest BCUT2D eigenvalue weighted by molar-refractivity contribution is 0.628. The third-order valence-electron chi connectivity index (χ3n) is 2.78. The molecule has 88 valence electrons. The van der Waals surface area contributed by atoms with Crippen molar-refractivity contribution in [2.45, 2.75) is 18.8 Å². The number of aromatic nitrogens is 1. The van der Waals surface area contributed by atoms with Crippen LogP contribution in [-0.2, 0) is 0 Å². The third kappa shape index (κ3) is 2.09. The molecule has 1 aromatic heterocycles. The standard InChI is InChI=1S/C12H10BrFN2S/c13-9-4-3-7(14)5-8(9)10-11(15)17-12(16-10)6-1-2-6/h3-6H,1-2,15H2. The highest BCUT2D eigenvalue weighted by Gasteiger charge is 2.28. The van der Waals surface area contributed by atoms with Crippen molar-refractivity contribution in [3.8, 4) is 11.3 Å². The second-order valence-electron chi connectivity index (χ2n) is 4.16. The maximum atomic E-state index is 13.3. The van der Waals surface area contributed by atoms with Gasteiger partial charge in [0.25, 0.3) is 0 Å². The third-order valence-corrected chi connectivity index (χ3v) is 4.52. The molecule has 2 N–H and O–H groups in total. The normalized spacial score (nSPS) is 15.2. The van der Waals surface area contributed by atoms with E-state index in [0.717, 1.165) is 15.0 Å². The molecule has 0 spiro atoms. The molecule has 0 bridgehead atoms. The van der Waals surface area contributed by atoms with Crippen molar-refractivity contribution in [1.82, 2.24) is 4.98 Å². The fourth-order valence-electron chi connectivity index (χ4n) is 1.73.